The van der Waals surface area contributed by atoms with Crippen LogP contribution in [0.3, 0.4) is 0 Å². The van der Waals surface area contributed by atoms with E-state index in [2.05, 4.69) is 5.43 Å². The standard InChI is InChI=1S/C5H9N3O/c1-7-8-4(6)2-3-5(8)9/h6-7H,2-3H2,1H3. The van der Waals surface area contributed by atoms with Crippen molar-refractivity contribution in [3.8, 4) is 0 Å². The first-order chi connectivity index (χ1) is 4.25. The molecule has 9 heavy (non-hydrogen) atoms. The molecule has 0 unspecified atom stereocenters. The molecule has 2 N–H and O–H groups in total. The van der Waals surface area contributed by atoms with E-state index in [9.17, 15) is 4.79 Å². The summed E-state index contributed by atoms with van der Waals surface area (Å²) in [7, 11) is 1.64. The summed E-state index contributed by atoms with van der Waals surface area (Å²) in [5.74, 6) is 0.352. The Balaban J connectivity index is 2.66. The van der Waals surface area contributed by atoms with Crippen LogP contribution in [0.5, 0.6) is 0 Å². The number of carbonyl (C=O) groups excluding carboxylic acids is 1. The summed E-state index contributed by atoms with van der Waals surface area (Å²) in [6.07, 6.45) is 1.04. The molecule has 0 aromatic rings. The number of nitrogens with zero attached hydrogens (tertiary/aromatic N) is 1. The highest BCUT2D eigenvalue weighted by Gasteiger charge is 2.23. The summed E-state index contributed by atoms with van der Waals surface area (Å²) in [5, 5.41) is 8.44. The predicted molar refractivity (Wildman–Crippen MR) is 32.9 cm³/mol. The van der Waals surface area contributed by atoms with E-state index >= 15 is 0 Å². The number of carbonyl (C=O) groups is 1. The fourth-order valence-corrected chi connectivity index (χ4v) is 0.859. The maximum atomic E-state index is 10.7. The quantitative estimate of drug-likeness (QED) is 0.509. The van der Waals surface area contributed by atoms with Gasteiger partial charge >= 0.3 is 0 Å². The maximum absolute atomic E-state index is 10.7. The number of nitrogens with one attached hydrogen (secondary N) is 2. The molecule has 1 amide bonds. The molecule has 0 spiro atoms. The van der Waals surface area contributed by atoms with Crippen molar-refractivity contribution in [2.45, 2.75) is 12.8 Å². The van der Waals surface area contributed by atoms with Gasteiger partial charge in [0.25, 0.3) is 0 Å². The van der Waals surface area contributed by atoms with Crippen LogP contribution in [0.25, 0.3) is 0 Å². The fraction of sp³-hybridized carbons (Fsp3) is 0.600. The molecular weight excluding hydrogens is 118 g/mol. The Morgan fingerprint density at radius 2 is 2.33 bits per heavy atom. The summed E-state index contributed by atoms with van der Waals surface area (Å²) in [4.78, 5) is 10.7. The van der Waals surface area contributed by atoms with Crippen molar-refractivity contribution in [2.75, 3.05) is 7.05 Å². The Morgan fingerprint density at radius 1 is 1.67 bits per heavy atom. The van der Waals surface area contributed by atoms with Crippen LogP contribution >= 0.6 is 0 Å². The molecular formula is C5H9N3O. The second-order valence-corrected chi connectivity index (χ2v) is 1.90. The molecule has 0 aliphatic carbocycles. The maximum Gasteiger partial charge on any atom is 0.242 e. The Labute approximate surface area is 53.3 Å². The van der Waals surface area contributed by atoms with Gasteiger partial charge in [0.2, 0.25) is 5.91 Å². The third kappa shape index (κ3) is 0.929. The molecule has 4 nitrogen and oxygen atoms in total. The third-order valence-corrected chi connectivity index (χ3v) is 1.32. The van der Waals surface area contributed by atoms with Crippen LogP contribution in [0, 0.1) is 5.41 Å². The zero-order valence-corrected chi connectivity index (χ0v) is 5.27. The molecule has 0 aromatic carbocycles. The zero-order chi connectivity index (χ0) is 6.85. The van der Waals surface area contributed by atoms with E-state index in [0.29, 0.717) is 18.7 Å². The number of amidine groups is 1. The van der Waals surface area contributed by atoms with E-state index in [1.165, 1.54) is 5.01 Å². The predicted octanol–water partition coefficient (Wildman–Crippen LogP) is -0.280. The molecule has 4 heteroatoms. The number of hydrogen-bond acceptors (Lipinski definition) is 3. The average Bonchev–Trinajstić information content (AvgIpc) is 2.12. The summed E-state index contributed by atoms with van der Waals surface area (Å²) >= 11 is 0. The highest BCUT2D eigenvalue weighted by atomic mass is 16.2. The lowest BCUT2D eigenvalue weighted by atomic mass is 10.4. The van der Waals surface area contributed by atoms with Gasteiger partial charge in [-0.2, -0.15) is 0 Å². The van der Waals surface area contributed by atoms with Crippen LogP contribution in [0.4, 0.5) is 0 Å². The lowest BCUT2D eigenvalue weighted by molar-refractivity contribution is -0.127. The van der Waals surface area contributed by atoms with Gasteiger partial charge in [-0.3, -0.25) is 10.2 Å². The molecule has 1 aliphatic heterocycles. The van der Waals surface area contributed by atoms with E-state index in [1.54, 1.807) is 7.05 Å². The van der Waals surface area contributed by atoms with E-state index in [4.69, 9.17) is 5.41 Å². The molecule has 0 radical (unpaired) electrons. The second kappa shape index (κ2) is 2.14. The molecule has 0 bridgehead atoms. The Kier molecular flexibility index (Phi) is 1.48. The van der Waals surface area contributed by atoms with Crippen molar-refractivity contribution in [1.29, 1.82) is 5.41 Å². The molecule has 0 atom stereocenters. The number of amides is 1. The first-order valence-electron chi connectivity index (χ1n) is 2.83. The van der Waals surface area contributed by atoms with Crippen molar-refractivity contribution in [2.24, 2.45) is 0 Å². The largest absolute Gasteiger partial charge is 0.287 e. The minimum Gasteiger partial charge on any atom is -0.287 e. The van der Waals surface area contributed by atoms with Crippen LogP contribution in [0.15, 0.2) is 0 Å². The number of rotatable bonds is 1. The van der Waals surface area contributed by atoms with Gasteiger partial charge in [0.05, 0.1) is 0 Å². The minimum atomic E-state index is -0.0116. The van der Waals surface area contributed by atoms with Crippen LogP contribution in [0.2, 0.25) is 0 Å². The lowest BCUT2D eigenvalue weighted by Gasteiger charge is -2.11. The van der Waals surface area contributed by atoms with Crippen molar-refractivity contribution in [3.05, 3.63) is 0 Å². The van der Waals surface area contributed by atoms with Crippen LogP contribution < -0.4 is 5.43 Å². The van der Waals surface area contributed by atoms with Gasteiger partial charge in [-0.15, -0.1) is 0 Å². The molecule has 1 saturated heterocycles. The minimum absolute atomic E-state index is 0.0116. The van der Waals surface area contributed by atoms with Crippen molar-refractivity contribution < 1.29 is 4.79 Å². The summed E-state index contributed by atoms with van der Waals surface area (Å²) < 4.78 is 0. The van der Waals surface area contributed by atoms with Crippen LogP contribution in [-0.4, -0.2) is 23.8 Å². The van der Waals surface area contributed by atoms with Gasteiger partial charge in [-0.1, -0.05) is 0 Å². The molecule has 0 aromatic heterocycles. The highest BCUT2D eigenvalue weighted by molar-refractivity contribution is 6.02. The lowest BCUT2D eigenvalue weighted by Crippen LogP contribution is -2.38. The topological polar surface area (TPSA) is 56.2 Å². The molecule has 1 rings (SSSR count). The van der Waals surface area contributed by atoms with Crippen molar-refractivity contribution >= 4 is 11.7 Å². The Morgan fingerprint density at radius 3 is 2.56 bits per heavy atom. The van der Waals surface area contributed by atoms with Gasteiger partial charge < -0.3 is 0 Å². The Hall–Kier alpha value is -0.900. The number of hydrogen-bond donors (Lipinski definition) is 2. The van der Waals surface area contributed by atoms with Gasteiger partial charge in [0.15, 0.2) is 0 Å². The monoisotopic (exact) mass is 127 g/mol. The summed E-state index contributed by atoms with van der Waals surface area (Å²) in [6.45, 7) is 0. The molecule has 0 saturated carbocycles. The number of hydrazine groups is 1. The molecule has 1 fully saturated rings. The summed E-state index contributed by atoms with van der Waals surface area (Å²) in [5.41, 5.74) is 2.62. The fourth-order valence-electron chi connectivity index (χ4n) is 0.859. The molecule has 1 aliphatic rings. The molecule has 1 heterocycles. The van der Waals surface area contributed by atoms with Crippen LogP contribution in [0.1, 0.15) is 12.8 Å². The summed E-state index contributed by atoms with van der Waals surface area (Å²) in [6, 6.07) is 0. The normalized spacial score (nSPS) is 19.4. The van der Waals surface area contributed by atoms with E-state index in [-0.39, 0.29) is 5.91 Å². The van der Waals surface area contributed by atoms with E-state index < -0.39 is 0 Å². The average molecular weight is 127 g/mol. The third-order valence-electron chi connectivity index (χ3n) is 1.32. The second-order valence-electron chi connectivity index (χ2n) is 1.90. The SMILES string of the molecule is CNN1C(=N)CCC1=O. The molecule has 50 valence electrons. The van der Waals surface area contributed by atoms with Gasteiger partial charge in [-0.25, -0.2) is 10.4 Å². The van der Waals surface area contributed by atoms with Gasteiger partial charge in [0, 0.05) is 19.9 Å². The first-order valence-corrected chi connectivity index (χ1v) is 2.83. The zero-order valence-electron chi connectivity index (χ0n) is 5.27. The van der Waals surface area contributed by atoms with Crippen molar-refractivity contribution in [3.63, 3.8) is 0 Å². The van der Waals surface area contributed by atoms with Gasteiger partial charge in [-0.05, 0) is 0 Å². The highest BCUT2D eigenvalue weighted by Crippen LogP contribution is 2.07. The van der Waals surface area contributed by atoms with Crippen LogP contribution in [-0.2, 0) is 4.79 Å². The van der Waals surface area contributed by atoms with E-state index in [0.717, 1.165) is 0 Å². The van der Waals surface area contributed by atoms with E-state index in [1.807, 2.05) is 0 Å². The smallest absolute Gasteiger partial charge is 0.242 e. The van der Waals surface area contributed by atoms with Gasteiger partial charge in [0.1, 0.15) is 5.84 Å². The Bertz CT molecular complexity index is 138. The first kappa shape index (κ1) is 6.22. The van der Waals surface area contributed by atoms with Crippen molar-refractivity contribution in [1.82, 2.24) is 10.4 Å².